The fourth-order valence-corrected chi connectivity index (χ4v) is 0.951. The highest BCUT2D eigenvalue weighted by Crippen LogP contribution is 1.99. The number of nitrogens with one attached hydrogen (secondary N) is 2. The van der Waals surface area contributed by atoms with Crippen molar-refractivity contribution in [2.75, 3.05) is 7.05 Å². The number of carbonyl (C=O) groups is 1. The van der Waals surface area contributed by atoms with Crippen LogP contribution in [0.15, 0.2) is 6.20 Å². The zero-order chi connectivity index (χ0) is 8.10. The van der Waals surface area contributed by atoms with Gasteiger partial charge in [-0.1, -0.05) is 4.49 Å². The van der Waals surface area contributed by atoms with Crippen LogP contribution in [0.1, 0.15) is 4.88 Å². The van der Waals surface area contributed by atoms with E-state index in [1.165, 1.54) is 11.5 Å². The van der Waals surface area contributed by atoms with Gasteiger partial charge in [0.25, 0.3) is 0 Å². The van der Waals surface area contributed by atoms with Crippen molar-refractivity contribution in [3.63, 3.8) is 0 Å². The van der Waals surface area contributed by atoms with Gasteiger partial charge in [0.1, 0.15) is 0 Å². The molecule has 6 heteroatoms. The van der Waals surface area contributed by atoms with Crippen LogP contribution in [-0.4, -0.2) is 22.7 Å². The standard InChI is InChI=1S/C5H8N4OS/c1-6-5(10)7-2-4-3-8-9-11-4/h3H,2H2,1H3,(H2,6,7,10). The fourth-order valence-electron chi connectivity index (χ4n) is 0.521. The van der Waals surface area contributed by atoms with Crippen molar-refractivity contribution < 1.29 is 4.79 Å². The maximum Gasteiger partial charge on any atom is 0.314 e. The molecule has 0 fully saturated rings. The Morgan fingerprint density at radius 1 is 1.82 bits per heavy atom. The van der Waals surface area contributed by atoms with E-state index < -0.39 is 0 Å². The molecule has 0 atom stereocenters. The van der Waals surface area contributed by atoms with Gasteiger partial charge in [0.15, 0.2) is 0 Å². The molecule has 0 saturated carbocycles. The molecule has 0 bridgehead atoms. The Kier molecular flexibility index (Phi) is 2.79. The Balaban J connectivity index is 2.29. The number of urea groups is 1. The van der Waals surface area contributed by atoms with Crippen LogP contribution in [-0.2, 0) is 6.54 Å². The summed E-state index contributed by atoms with van der Waals surface area (Å²) in [4.78, 5) is 11.6. The quantitative estimate of drug-likeness (QED) is 0.658. The Bertz CT molecular complexity index is 222. The van der Waals surface area contributed by atoms with Gasteiger partial charge in [-0.25, -0.2) is 4.79 Å². The number of nitrogens with zero attached hydrogens (tertiary/aromatic N) is 2. The van der Waals surface area contributed by atoms with E-state index >= 15 is 0 Å². The Hall–Kier alpha value is -1.17. The van der Waals surface area contributed by atoms with Gasteiger partial charge in [0.2, 0.25) is 0 Å². The topological polar surface area (TPSA) is 66.9 Å². The van der Waals surface area contributed by atoms with Crippen LogP contribution in [0.25, 0.3) is 0 Å². The summed E-state index contributed by atoms with van der Waals surface area (Å²) in [5.41, 5.74) is 0. The first kappa shape index (κ1) is 7.93. The maximum absolute atomic E-state index is 10.6. The van der Waals surface area contributed by atoms with Crippen LogP contribution >= 0.6 is 11.5 Å². The first-order valence-corrected chi connectivity index (χ1v) is 3.82. The Labute approximate surface area is 68.0 Å². The SMILES string of the molecule is CNC(=O)NCc1cnns1. The molecule has 1 rings (SSSR count). The minimum absolute atomic E-state index is 0.196. The average Bonchev–Trinajstić information content (AvgIpc) is 2.52. The molecule has 0 aliphatic carbocycles. The molecule has 1 heterocycles. The Morgan fingerprint density at radius 2 is 2.64 bits per heavy atom. The van der Waals surface area contributed by atoms with Gasteiger partial charge in [-0.3, -0.25) is 0 Å². The lowest BCUT2D eigenvalue weighted by Crippen LogP contribution is -2.31. The van der Waals surface area contributed by atoms with Crippen LogP contribution in [0.2, 0.25) is 0 Å². The van der Waals surface area contributed by atoms with E-state index in [1.807, 2.05) is 0 Å². The smallest absolute Gasteiger partial charge is 0.314 e. The molecule has 0 aliphatic rings. The summed E-state index contributed by atoms with van der Waals surface area (Å²) in [6, 6.07) is -0.196. The van der Waals surface area contributed by atoms with Crippen LogP contribution in [0.4, 0.5) is 4.79 Å². The summed E-state index contributed by atoms with van der Waals surface area (Å²) in [7, 11) is 1.57. The van der Waals surface area contributed by atoms with Crippen molar-refractivity contribution in [2.24, 2.45) is 0 Å². The number of rotatable bonds is 2. The predicted octanol–water partition coefficient (Wildman–Crippen LogP) is -0.0329. The van der Waals surface area contributed by atoms with Crippen LogP contribution in [0.5, 0.6) is 0 Å². The van der Waals surface area contributed by atoms with Gasteiger partial charge >= 0.3 is 6.03 Å². The van der Waals surface area contributed by atoms with Gasteiger partial charge in [-0.2, -0.15) is 0 Å². The second kappa shape index (κ2) is 3.87. The van der Waals surface area contributed by atoms with Crippen molar-refractivity contribution in [1.82, 2.24) is 20.2 Å². The second-order valence-electron chi connectivity index (χ2n) is 1.82. The summed E-state index contributed by atoms with van der Waals surface area (Å²) >= 11 is 1.27. The van der Waals surface area contributed by atoms with E-state index in [2.05, 4.69) is 20.2 Å². The normalized spacial score (nSPS) is 9.18. The van der Waals surface area contributed by atoms with Gasteiger partial charge in [0, 0.05) is 7.05 Å². The number of amides is 2. The molecular weight excluding hydrogens is 164 g/mol. The maximum atomic E-state index is 10.6. The fraction of sp³-hybridized carbons (Fsp3) is 0.400. The number of hydrogen-bond acceptors (Lipinski definition) is 4. The summed E-state index contributed by atoms with van der Waals surface area (Å²) in [6.45, 7) is 0.483. The molecule has 0 saturated heterocycles. The van der Waals surface area contributed by atoms with E-state index in [0.717, 1.165) is 4.88 Å². The molecule has 1 aromatic heterocycles. The largest absolute Gasteiger partial charge is 0.341 e. The minimum atomic E-state index is -0.196. The minimum Gasteiger partial charge on any atom is -0.341 e. The molecule has 2 N–H and O–H groups in total. The van der Waals surface area contributed by atoms with Crippen molar-refractivity contribution in [1.29, 1.82) is 0 Å². The second-order valence-corrected chi connectivity index (χ2v) is 2.69. The van der Waals surface area contributed by atoms with Crippen molar-refractivity contribution in [3.05, 3.63) is 11.1 Å². The third kappa shape index (κ3) is 2.50. The molecule has 0 spiro atoms. The Morgan fingerprint density at radius 3 is 3.18 bits per heavy atom. The third-order valence-corrected chi connectivity index (χ3v) is 1.72. The summed E-state index contributed by atoms with van der Waals surface area (Å²) < 4.78 is 3.65. The monoisotopic (exact) mass is 172 g/mol. The van der Waals surface area contributed by atoms with Crippen molar-refractivity contribution in [3.8, 4) is 0 Å². The van der Waals surface area contributed by atoms with E-state index in [9.17, 15) is 4.79 Å². The first-order chi connectivity index (χ1) is 5.33. The molecule has 0 aliphatic heterocycles. The lowest BCUT2D eigenvalue weighted by Gasteiger charge is -1.99. The van der Waals surface area contributed by atoms with Gasteiger partial charge in [-0.05, 0) is 11.5 Å². The highest BCUT2D eigenvalue weighted by atomic mass is 32.1. The van der Waals surface area contributed by atoms with Gasteiger partial charge < -0.3 is 10.6 Å². The molecule has 0 radical (unpaired) electrons. The molecule has 0 aromatic carbocycles. The highest BCUT2D eigenvalue weighted by molar-refractivity contribution is 7.05. The molecule has 11 heavy (non-hydrogen) atoms. The predicted molar refractivity (Wildman–Crippen MR) is 41.2 cm³/mol. The van der Waals surface area contributed by atoms with E-state index in [-0.39, 0.29) is 6.03 Å². The third-order valence-electron chi connectivity index (χ3n) is 1.06. The molecule has 5 nitrogen and oxygen atoms in total. The lowest BCUT2D eigenvalue weighted by molar-refractivity contribution is 0.242. The number of hydrogen-bond donors (Lipinski definition) is 2. The van der Waals surface area contributed by atoms with E-state index in [1.54, 1.807) is 13.2 Å². The van der Waals surface area contributed by atoms with E-state index in [4.69, 9.17) is 0 Å². The highest BCUT2D eigenvalue weighted by Gasteiger charge is 1.97. The lowest BCUT2D eigenvalue weighted by atomic mass is 10.5. The van der Waals surface area contributed by atoms with Gasteiger partial charge in [0.05, 0.1) is 17.6 Å². The number of aromatic nitrogens is 2. The first-order valence-electron chi connectivity index (χ1n) is 3.04. The zero-order valence-electron chi connectivity index (χ0n) is 6.00. The zero-order valence-corrected chi connectivity index (χ0v) is 6.81. The van der Waals surface area contributed by atoms with Crippen LogP contribution < -0.4 is 10.6 Å². The van der Waals surface area contributed by atoms with Gasteiger partial charge in [-0.15, -0.1) is 5.10 Å². The molecule has 0 unspecified atom stereocenters. The molecule has 2 amide bonds. The van der Waals surface area contributed by atoms with Crippen LogP contribution in [0.3, 0.4) is 0 Å². The number of carbonyl (C=O) groups excluding carboxylic acids is 1. The molecule has 60 valence electrons. The average molecular weight is 172 g/mol. The van der Waals surface area contributed by atoms with E-state index in [0.29, 0.717) is 6.54 Å². The van der Waals surface area contributed by atoms with Crippen LogP contribution in [0, 0.1) is 0 Å². The summed E-state index contributed by atoms with van der Waals surface area (Å²) in [5.74, 6) is 0. The summed E-state index contributed by atoms with van der Waals surface area (Å²) in [6.07, 6.45) is 1.63. The van der Waals surface area contributed by atoms with Crippen molar-refractivity contribution >= 4 is 17.6 Å². The summed E-state index contributed by atoms with van der Waals surface area (Å²) in [5, 5.41) is 8.68. The molecule has 1 aromatic rings. The van der Waals surface area contributed by atoms with Crippen molar-refractivity contribution in [2.45, 2.75) is 6.54 Å². The molecular formula is C5H8N4OS.